The first-order valence-electron chi connectivity index (χ1n) is 9.52. The van der Waals surface area contributed by atoms with Gasteiger partial charge in [0.15, 0.2) is 0 Å². The van der Waals surface area contributed by atoms with Gasteiger partial charge in [-0.15, -0.1) is 0 Å². The number of rotatable bonds is 5. The Labute approximate surface area is 175 Å². The molecule has 1 saturated heterocycles. The minimum Gasteiger partial charge on any atom is -0.349 e. The summed E-state index contributed by atoms with van der Waals surface area (Å²) in [6, 6.07) is 14.5. The number of carbonyl (C=O) groups is 2. The van der Waals surface area contributed by atoms with Crippen LogP contribution >= 0.6 is 23.2 Å². The van der Waals surface area contributed by atoms with Crippen LogP contribution in [0, 0.1) is 0 Å². The van der Waals surface area contributed by atoms with E-state index >= 15 is 0 Å². The van der Waals surface area contributed by atoms with Crippen LogP contribution in [0.1, 0.15) is 48.0 Å². The standard InChI is InChI=1S/C22H24Cl2N2O2/c1-15(25-22(28)18-3-2-4-20(24)14-18)13-21(27)26-11-9-17(10-12-26)16-5-7-19(23)8-6-16/h2-8,14-15,17H,9-13H2,1H3,(H,25,28). The summed E-state index contributed by atoms with van der Waals surface area (Å²) < 4.78 is 0. The number of likely N-dealkylation sites (tertiary alicyclic amines) is 1. The first-order valence-corrected chi connectivity index (χ1v) is 10.3. The van der Waals surface area contributed by atoms with Crippen LogP contribution in [-0.2, 0) is 4.79 Å². The average molecular weight is 419 g/mol. The van der Waals surface area contributed by atoms with Crippen molar-refractivity contribution in [3.63, 3.8) is 0 Å². The number of piperidine rings is 1. The highest BCUT2D eigenvalue weighted by molar-refractivity contribution is 6.31. The maximum atomic E-state index is 12.6. The van der Waals surface area contributed by atoms with Gasteiger partial charge in [0.05, 0.1) is 0 Å². The normalized spacial score (nSPS) is 15.9. The van der Waals surface area contributed by atoms with Gasteiger partial charge in [-0.2, -0.15) is 0 Å². The van der Waals surface area contributed by atoms with Crippen LogP contribution in [-0.4, -0.2) is 35.8 Å². The summed E-state index contributed by atoms with van der Waals surface area (Å²) in [6.07, 6.45) is 2.17. The smallest absolute Gasteiger partial charge is 0.251 e. The summed E-state index contributed by atoms with van der Waals surface area (Å²) in [5, 5.41) is 4.13. The summed E-state index contributed by atoms with van der Waals surface area (Å²) >= 11 is 11.9. The van der Waals surface area contributed by atoms with Crippen molar-refractivity contribution >= 4 is 35.0 Å². The molecule has 1 unspecified atom stereocenters. The summed E-state index contributed by atoms with van der Waals surface area (Å²) in [6.45, 7) is 3.32. The average Bonchev–Trinajstić information content (AvgIpc) is 2.68. The van der Waals surface area contributed by atoms with Gasteiger partial charge in [-0.05, 0) is 61.6 Å². The maximum absolute atomic E-state index is 12.6. The third-order valence-corrected chi connectivity index (χ3v) is 5.62. The number of carbonyl (C=O) groups excluding carboxylic acids is 2. The van der Waals surface area contributed by atoms with E-state index in [2.05, 4.69) is 17.4 Å². The van der Waals surface area contributed by atoms with Gasteiger partial charge in [-0.1, -0.05) is 41.4 Å². The van der Waals surface area contributed by atoms with Crippen LogP contribution in [0.2, 0.25) is 10.0 Å². The van der Waals surface area contributed by atoms with Gasteiger partial charge in [-0.25, -0.2) is 0 Å². The Morgan fingerprint density at radius 2 is 1.75 bits per heavy atom. The molecular weight excluding hydrogens is 395 g/mol. The quantitative estimate of drug-likeness (QED) is 0.749. The van der Waals surface area contributed by atoms with Gasteiger partial charge < -0.3 is 10.2 Å². The van der Waals surface area contributed by atoms with E-state index in [-0.39, 0.29) is 24.3 Å². The number of hydrogen-bond acceptors (Lipinski definition) is 2. The fraction of sp³-hybridized carbons (Fsp3) is 0.364. The predicted molar refractivity (Wildman–Crippen MR) is 113 cm³/mol. The first kappa shape index (κ1) is 20.7. The number of amides is 2. The number of nitrogens with one attached hydrogen (secondary N) is 1. The van der Waals surface area contributed by atoms with Crippen LogP contribution in [0.4, 0.5) is 0 Å². The van der Waals surface area contributed by atoms with Gasteiger partial charge in [0.25, 0.3) is 5.91 Å². The fourth-order valence-corrected chi connectivity index (χ4v) is 3.89. The number of nitrogens with zero attached hydrogens (tertiary/aromatic N) is 1. The van der Waals surface area contributed by atoms with E-state index in [0.29, 0.717) is 16.5 Å². The van der Waals surface area contributed by atoms with Gasteiger partial charge in [-0.3, -0.25) is 9.59 Å². The Morgan fingerprint density at radius 1 is 1.07 bits per heavy atom. The van der Waals surface area contributed by atoms with Crippen molar-refractivity contribution in [3.8, 4) is 0 Å². The van der Waals surface area contributed by atoms with Gasteiger partial charge in [0, 0.05) is 41.2 Å². The van der Waals surface area contributed by atoms with Crippen molar-refractivity contribution in [1.29, 1.82) is 0 Å². The van der Waals surface area contributed by atoms with Crippen molar-refractivity contribution in [2.24, 2.45) is 0 Å². The second-order valence-electron chi connectivity index (χ2n) is 7.30. The minimum atomic E-state index is -0.243. The molecule has 6 heteroatoms. The third kappa shape index (κ3) is 5.49. The Balaban J connectivity index is 1.47. The molecule has 148 valence electrons. The van der Waals surface area contributed by atoms with Crippen molar-refractivity contribution in [2.45, 2.75) is 38.1 Å². The summed E-state index contributed by atoms with van der Waals surface area (Å²) in [4.78, 5) is 26.8. The van der Waals surface area contributed by atoms with Crippen molar-refractivity contribution in [3.05, 3.63) is 69.7 Å². The molecule has 0 spiro atoms. The number of halogens is 2. The Hall–Kier alpha value is -2.04. The van der Waals surface area contributed by atoms with E-state index < -0.39 is 0 Å². The zero-order valence-electron chi connectivity index (χ0n) is 15.8. The molecule has 0 bridgehead atoms. The van der Waals surface area contributed by atoms with E-state index in [1.54, 1.807) is 24.3 Å². The van der Waals surface area contributed by atoms with E-state index in [1.165, 1.54) is 5.56 Å². The van der Waals surface area contributed by atoms with E-state index in [4.69, 9.17) is 23.2 Å². The molecule has 0 aromatic heterocycles. The molecule has 1 atom stereocenters. The lowest BCUT2D eigenvalue weighted by molar-refractivity contribution is -0.132. The van der Waals surface area contributed by atoms with Gasteiger partial charge in [0.2, 0.25) is 5.91 Å². The van der Waals surface area contributed by atoms with E-state index in [1.807, 2.05) is 24.0 Å². The lowest BCUT2D eigenvalue weighted by Crippen LogP contribution is -2.42. The molecule has 0 radical (unpaired) electrons. The van der Waals surface area contributed by atoms with Crippen LogP contribution < -0.4 is 5.32 Å². The Kier molecular flexibility index (Phi) is 6.97. The van der Waals surface area contributed by atoms with Crippen molar-refractivity contribution < 1.29 is 9.59 Å². The van der Waals surface area contributed by atoms with Crippen molar-refractivity contribution in [2.75, 3.05) is 13.1 Å². The number of benzene rings is 2. The molecule has 28 heavy (non-hydrogen) atoms. The van der Waals surface area contributed by atoms with Gasteiger partial charge >= 0.3 is 0 Å². The summed E-state index contributed by atoms with van der Waals surface area (Å²) in [5.74, 6) is 0.318. The molecule has 1 fully saturated rings. The van der Waals surface area contributed by atoms with Crippen molar-refractivity contribution in [1.82, 2.24) is 10.2 Å². The first-order chi connectivity index (χ1) is 13.4. The Morgan fingerprint density at radius 3 is 2.39 bits per heavy atom. The molecular formula is C22H24Cl2N2O2. The highest BCUT2D eigenvalue weighted by atomic mass is 35.5. The molecule has 2 amide bonds. The lowest BCUT2D eigenvalue weighted by atomic mass is 9.89. The highest BCUT2D eigenvalue weighted by Crippen LogP contribution is 2.29. The molecule has 1 aliphatic rings. The van der Waals surface area contributed by atoms with E-state index in [0.717, 1.165) is 31.0 Å². The van der Waals surface area contributed by atoms with Crippen LogP contribution in [0.3, 0.4) is 0 Å². The second-order valence-corrected chi connectivity index (χ2v) is 8.17. The largest absolute Gasteiger partial charge is 0.349 e. The molecule has 3 rings (SSSR count). The Bertz CT molecular complexity index is 831. The summed E-state index contributed by atoms with van der Waals surface area (Å²) in [7, 11) is 0. The molecule has 4 nitrogen and oxygen atoms in total. The third-order valence-electron chi connectivity index (χ3n) is 5.13. The molecule has 2 aromatic rings. The molecule has 1 heterocycles. The molecule has 2 aromatic carbocycles. The van der Waals surface area contributed by atoms with Crippen LogP contribution in [0.15, 0.2) is 48.5 Å². The predicted octanol–water partition coefficient (Wildman–Crippen LogP) is 4.91. The topological polar surface area (TPSA) is 49.4 Å². The second kappa shape index (κ2) is 9.44. The lowest BCUT2D eigenvalue weighted by Gasteiger charge is -2.33. The van der Waals surface area contributed by atoms with E-state index in [9.17, 15) is 9.59 Å². The fourth-order valence-electron chi connectivity index (χ4n) is 3.58. The van der Waals surface area contributed by atoms with Gasteiger partial charge in [0.1, 0.15) is 0 Å². The molecule has 1 N–H and O–H groups in total. The zero-order valence-corrected chi connectivity index (χ0v) is 17.3. The number of hydrogen-bond donors (Lipinski definition) is 1. The van der Waals surface area contributed by atoms with Crippen LogP contribution in [0.25, 0.3) is 0 Å². The van der Waals surface area contributed by atoms with Crippen LogP contribution in [0.5, 0.6) is 0 Å². The minimum absolute atomic E-state index is 0.0773. The summed E-state index contributed by atoms with van der Waals surface area (Å²) in [5.41, 5.74) is 1.77. The maximum Gasteiger partial charge on any atom is 0.251 e. The SMILES string of the molecule is CC(CC(=O)N1CCC(c2ccc(Cl)cc2)CC1)NC(=O)c1cccc(Cl)c1. The molecule has 0 saturated carbocycles. The molecule has 0 aliphatic carbocycles. The highest BCUT2D eigenvalue weighted by Gasteiger charge is 2.25. The monoisotopic (exact) mass is 418 g/mol. The zero-order chi connectivity index (χ0) is 20.1. The molecule has 1 aliphatic heterocycles.